The van der Waals surface area contributed by atoms with Gasteiger partial charge in [0.05, 0.1) is 6.54 Å². The molecule has 1 heterocycles. The lowest BCUT2D eigenvalue weighted by molar-refractivity contribution is 0.475. The molecule has 2 N–H and O–H groups in total. The highest BCUT2D eigenvalue weighted by molar-refractivity contribution is 5.77. The predicted octanol–water partition coefficient (Wildman–Crippen LogP) is 3.76. The fraction of sp³-hybridized carbons (Fsp3) is 0.188. The van der Waals surface area contributed by atoms with Crippen LogP contribution in [0, 0.1) is 13.8 Å². The van der Waals surface area contributed by atoms with Gasteiger partial charge >= 0.3 is 0 Å². The van der Waals surface area contributed by atoms with Crippen molar-refractivity contribution in [2.45, 2.75) is 20.4 Å². The maximum atomic E-state index is 9.24. The van der Waals surface area contributed by atoms with Crippen molar-refractivity contribution in [3.05, 3.63) is 53.4 Å². The van der Waals surface area contributed by atoms with Crippen LogP contribution in [0.3, 0.4) is 0 Å². The van der Waals surface area contributed by atoms with Crippen molar-refractivity contribution in [1.29, 1.82) is 0 Å². The van der Waals surface area contributed by atoms with Gasteiger partial charge in [0.1, 0.15) is 11.3 Å². The molecule has 0 aliphatic heterocycles. The van der Waals surface area contributed by atoms with E-state index in [0.29, 0.717) is 12.4 Å². The number of aromatic nitrogens is 1. The van der Waals surface area contributed by atoms with Crippen LogP contribution in [0.4, 0.5) is 5.69 Å². The molecule has 2 aromatic carbocycles. The maximum absolute atomic E-state index is 9.24. The van der Waals surface area contributed by atoms with Gasteiger partial charge in [-0.1, -0.05) is 6.07 Å². The molecule has 0 spiro atoms. The summed E-state index contributed by atoms with van der Waals surface area (Å²) in [6, 6.07) is 11.0. The Morgan fingerprint density at radius 1 is 1.15 bits per heavy atom. The average molecular weight is 268 g/mol. The van der Waals surface area contributed by atoms with E-state index >= 15 is 0 Å². The largest absolute Gasteiger partial charge is 0.508 e. The third-order valence-electron chi connectivity index (χ3n) is 3.18. The molecule has 0 radical (unpaired) electrons. The van der Waals surface area contributed by atoms with E-state index in [-0.39, 0.29) is 5.75 Å². The Kier molecular flexibility index (Phi) is 3.06. The average Bonchev–Trinajstić information content (AvgIpc) is 2.81. The Morgan fingerprint density at radius 2 is 1.90 bits per heavy atom. The molecule has 0 atom stereocenters. The first-order valence-electron chi connectivity index (χ1n) is 6.51. The molecule has 4 heteroatoms. The minimum absolute atomic E-state index is 0.253. The second-order valence-corrected chi connectivity index (χ2v) is 4.94. The lowest BCUT2D eigenvalue weighted by Gasteiger charge is -2.03. The number of phenols is 1. The molecule has 20 heavy (non-hydrogen) atoms. The number of nitrogens with one attached hydrogen (secondary N) is 1. The summed E-state index contributed by atoms with van der Waals surface area (Å²) in [4.78, 5) is 4.49. The van der Waals surface area contributed by atoms with Gasteiger partial charge in [0.2, 0.25) is 5.89 Å². The van der Waals surface area contributed by atoms with E-state index in [1.807, 2.05) is 25.1 Å². The first-order valence-corrected chi connectivity index (χ1v) is 6.51. The van der Waals surface area contributed by atoms with Gasteiger partial charge in [-0.3, -0.25) is 0 Å². The number of aromatic hydroxyl groups is 1. The monoisotopic (exact) mass is 268 g/mol. The van der Waals surface area contributed by atoms with Gasteiger partial charge < -0.3 is 14.8 Å². The highest BCUT2D eigenvalue weighted by Crippen LogP contribution is 2.22. The Balaban J connectivity index is 1.81. The summed E-state index contributed by atoms with van der Waals surface area (Å²) >= 11 is 0. The van der Waals surface area contributed by atoms with E-state index in [1.165, 1.54) is 5.56 Å². The van der Waals surface area contributed by atoms with Crippen LogP contribution in [0.15, 0.2) is 40.8 Å². The Morgan fingerprint density at radius 3 is 2.65 bits per heavy atom. The first kappa shape index (κ1) is 12.5. The summed E-state index contributed by atoms with van der Waals surface area (Å²) in [6.07, 6.45) is 0. The normalized spacial score (nSPS) is 10.9. The second kappa shape index (κ2) is 4.89. The fourth-order valence-corrected chi connectivity index (χ4v) is 2.26. The molecular weight excluding hydrogens is 252 g/mol. The molecule has 3 aromatic rings. The number of oxazole rings is 1. The van der Waals surface area contributed by atoms with Crippen LogP contribution in [-0.2, 0) is 6.54 Å². The van der Waals surface area contributed by atoms with Crippen LogP contribution in [0.1, 0.15) is 17.0 Å². The minimum Gasteiger partial charge on any atom is -0.508 e. The summed E-state index contributed by atoms with van der Waals surface area (Å²) in [7, 11) is 0. The number of nitrogens with zero attached hydrogens (tertiary/aromatic N) is 1. The molecule has 0 unspecified atom stereocenters. The predicted molar refractivity (Wildman–Crippen MR) is 78.9 cm³/mol. The summed E-state index contributed by atoms with van der Waals surface area (Å²) in [5.74, 6) is 0.908. The van der Waals surface area contributed by atoms with Crippen LogP contribution in [0.5, 0.6) is 5.75 Å². The number of aryl methyl sites for hydroxylation is 2. The molecule has 1 aromatic heterocycles. The zero-order valence-corrected chi connectivity index (χ0v) is 11.5. The number of phenolic OH excluding ortho intramolecular Hbond substituents is 1. The molecule has 0 bridgehead atoms. The zero-order chi connectivity index (χ0) is 14.1. The van der Waals surface area contributed by atoms with E-state index in [0.717, 1.165) is 22.4 Å². The van der Waals surface area contributed by atoms with Crippen LogP contribution < -0.4 is 5.32 Å². The van der Waals surface area contributed by atoms with E-state index in [4.69, 9.17) is 4.42 Å². The zero-order valence-electron chi connectivity index (χ0n) is 11.5. The van der Waals surface area contributed by atoms with Crippen molar-refractivity contribution < 1.29 is 9.52 Å². The lowest BCUT2D eigenvalue weighted by atomic mass is 10.1. The second-order valence-electron chi connectivity index (χ2n) is 4.94. The smallest absolute Gasteiger partial charge is 0.214 e. The van der Waals surface area contributed by atoms with E-state index < -0.39 is 0 Å². The minimum atomic E-state index is 0.253. The van der Waals surface area contributed by atoms with Gasteiger partial charge in [-0.2, -0.15) is 0 Å². The molecule has 0 amide bonds. The van der Waals surface area contributed by atoms with Gasteiger partial charge in [0, 0.05) is 5.69 Å². The molecule has 0 aliphatic carbocycles. The number of fused-ring (bicyclic) bond motifs is 1. The van der Waals surface area contributed by atoms with Crippen LogP contribution in [-0.4, -0.2) is 10.1 Å². The Hall–Kier alpha value is -2.49. The number of benzene rings is 2. The third-order valence-corrected chi connectivity index (χ3v) is 3.18. The molecule has 4 nitrogen and oxygen atoms in total. The Bertz CT molecular complexity index is 745. The number of hydrogen-bond donors (Lipinski definition) is 2. The third kappa shape index (κ3) is 2.45. The number of rotatable bonds is 3. The quantitative estimate of drug-likeness (QED) is 0.710. The highest BCUT2D eigenvalue weighted by Gasteiger charge is 2.08. The molecule has 0 saturated carbocycles. The molecule has 0 saturated heterocycles. The topological polar surface area (TPSA) is 58.3 Å². The first-order chi connectivity index (χ1) is 9.61. The van der Waals surface area contributed by atoms with Crippen LogP contribution in [0.25, 0.3) is 11.1 Å². The lowest BCUT2D eigenvalue weighted by Crippen LogP contribution is -1.98. The van der Waals surface area contributed by atoms with Gasteiger partial charge in [-0.15, -0.1) is 0 Å². The van der Waals surface area contributed by atoms with Gasteiger partial charge in [-0.05, 0) is 55.3 Å². The SMILES string of the molecule is Cc1cc(C)c2oc(CNc3ccc(O)cc3)nc2c1. The van der Waals surface area contributed by atoms with Crippen molar-refractivity contribution in [3.63, 3.8) is 0 Å². The van der Waals surface area contributed by atoms with Gasteiger partial charge in [0.25, 0.3) is 0 Å². The fourth-order valence-electron chi connectivity index (χ4n) is 2.26. The van der Waals surface area contributed by atoms with Gasteiger partial charge in [-0.25, -0.2) is 4.98 Å². The van der Waals surface area contributed by atoms with E-state index in [1.54, 1.807) is 12.1 Å². The standard InChI is InChI=1S/C16H16N2O2/c1-10-7-11(2)16-14(8-10)18-15(20-16)9-17-12-3-5-13(19)6-4-12/h3-8,17,19H,9H2,1-2H3. The van der Waals surface area contributed by atoms with Crippen molar-refractivity contribution >= 4 is 16.8 Å². The molecule has 0 fully saturated rings. The maximum Gasteiger partial charge on any atom is 0.214 e. The van der Waals surface area contributed by atoms with Crippen LogP contribution in [0.2, 0.25) is 0 Å². The van der Waals surface area contributed by atoms with E-state index in [2.05, 4.69) is 23.3 Å². The van der Waals surface area contributed by atoms with Crippen molar-refractivity contribution in [2.24, 2.45) is 0 Å². The summed E-state index contributed by atoms with van der Waals surface area (Å²) < 4.78 is 5.78. The molecule has 3 rings (SSSR count). The van der Waals surface area contributed by atoms with Crippen molar-refractivity contribution in [1.82, 2.24) is 4.98 Å². The highest BCUT2D eigenvalue weighted by atomic mass is 16.3. The van der Waals surface area contributed by atoms with E-state index in [9.17, 15) is 5.11 Å². The Labute approximate surface area is 117 Å². The van der Waals surface area contributed by atoms with Crippen molar-refractivity contribution in [2.75, 3.05) is 5.32 Å². The van der Waals surface area contributed by atoms with Gasteiger partial charge in [0.15, 0.2) is 5.58 Å². The molecule has 0 aliphatic rings. The number of anilines is 1. The molecule has 102 valence electrons. The molecular formula is C16H16N2O2. The summed E-state index contributed by atoms with van der Waals surface area (Å²) in [6.45, 7) is 4.59. The number of hydrogen-bond acceptors (Lipinski definition) is 4. The van der Waals surface area contributed by atoms with Crippen molar-refractivity contribution in [3.8, 4) is 5.75 Å². The van der Waals surface area contributed by atoms with Crippen LogP contribution >= 0.6 is 0 Å². The summed E-state index contributed by atoms with van der Waals surface area (Å²) in [5, 5.41) is 12.5. The summed E-state index contributed by atoms with van der Waals surface area (Å²) in [5.41, 5.74) is 4.94.